The first-order chi connectivity index (χ1) is 8.77. The van der Waals surface area contributed by atoms with Crippen LogP contribution in [0.25, 0.3) is 0 Å². The van der Waals surface area contributed by atoms with Crippen molar-refractivity contribution < 1.29 is 9.53 Å². The monoisotopic (exact) mass is 248 g/mol. The Bertz CT molecular complexity index is 381. The van der Waals surface area contributed by atoms with E-state index in [0.29, 0.717) is 6.61 Å². The van der Waals surface area contributed by atoms with E-state index in [9.17, 15) is 4.79 Å². The Morgan fingerprint density at radius 1 is 1.44 bits per heavy atom. The van der Waals surface area contributed by atoms with Crippen LogP contribution in [0, 0.1) is 0 Å². The van der Waals surface area contributed by atoms with E-state index in [1.54, 1.807) is 0 Å². The fraction of sp³-hybridized carbons (Fsp3) is 0.500. The Hall–Kier alpha value is -1.55. The molecule has 18 heavy (non-hydrogen) atoms. The van der Waals surface area contributed by atoms with E-state index in [0.717, 1.165) is 31.6 Å². The molecule has 1 fully saturated rings. The van der Waals surface area contributed by atoms with Gasteiger partial charge in [0.1, 0.15) is 6.61 Å². The summed E-state index contributed by atoms with van der Waals surface area (Å²) in [6.07, 6.45) is 0.764. The van der Waals surface area contributed by atoms with Crippen molar-refractivity contribution in [1.82, 2.24) is 10.2 Å². The van der Waals surface area contributed by atoms with Crippen LogP contribution in [0.3, 0.4) is 0 Å². The maximum Gasteiger partial charge on any atom is 0.410 e. The lowest BCUT2D eigenvalue weighted by Crippen LogP contribution is -2.41. The van der Waals surface area contributed by atoms with E-state index >= 15 is 0 Å². The average molecular weight is 248 g/mol. The highest BCUT2D eigenvalue weighted by molar-refractivity contribution is 5.68. The van der Waals surface area contributed by atoms with Crippen molar-refractivity contribution in [3.8, 4) is 0 Å². The number of ether oxygens (including phenoxy) is 1. The largest absolute Gasteiger partial charge is 0.445 e. The van der Waals surface area contributed by atoms with Crippen LogP contribution in [0.2, 0.25) is 0 Å². The number of nitrogens with one attached hydrogen (secondary N) is 1. The highest BCUT2D eigenvalue weighted by Gasteiger charge is 2.22. The maximum atomic E-state index is 12.0. The molecule has 0 aliphatic carbocycles. The van der Waals surface area contributed by atoms with Crippen LogP contribution in [-0.2, 0) is 11.3 Å². The molecule has 1 amide bonds. The molecule has 1 aliphatic rings. The zero-order valence-corrected chi connectivity index (χ0v) is 10.8. The van der Waals surface area contributed by atoms with Gasteiger partial charge in [-0.1, -0.05) is 30.3 Å². The number of hydrogen-bond acceptors (Lipinski definition) is 3. The summed E-state index contributed by atoms with van der Waals surface area (Å²) in [6.45, 7) is 4.95. The molecule has 4 nitrogen and oxygen atoms in total. The summed E-state index contributed by atoms with van der Waals surface area (Å²) >= 11 is 0. The van der Waals surface area contributed by atoms with Gasteiger partial charge in [0.05, 0.1) is 0 Å². The predicted octanol–water partition coefficient (Wildman–Crippen LogP) is 2.01. The summed E-state index contributed by atoms with van der Waals surface area (Å²) < 4.78 is 5.35. The van der Waals surface area contributed by atoms with Crippen molar-refractivity contribution >= 4 is 6.09 Å². The number of benzene rings is 1. The number of hydrogen-bond donors (Lipinski definition) is 1. The van der Waals surface area contributed by atoms with Crippen LogP contribution >= 0.6 is 0 Å². The van der Waals surface area contributed by atoms with Gasteiger partial charge in [0, 0.05) is 19.1 Å². The molecule has 0 spiro atoms. The molecule has 0 unspecified atom stereocenters. The summed E-state index contributed by atoms with van der Waals surface area (Å²) in [5.41, 5.74) is 1.02. The Labute approximate surface area is 108 Å². The van der Waals surface area contributed by atoms with Crippen LogP contribution in [0.5, 0.6) is 0 Å². The van der Waals surface area contributed by atoms with Gasteiger partial charge < -0.3 is 15.0 Å². The van der Waals surface area contributed by atoms with Gasteiger partial charge in [-0.05, 0) is 25.5 Å². The molecular formula is C14H20N2O2. The first-order valence-corrected chi connectivity index (χ1v) is 6.45. The Morgan fingerprint density at radius 2 is 2.22 bits per heavy atom. The van der Waals surface area contributed by atoms with Crippen LogP contribution in [0.4, 0.5) is 4.79 Å². The standard InChI is InChI=1S/C14H20N2O2/c1-12-10-15-8-5-9-16(12)14(17)18-11-13-6-3-2-4-7-13/h2-4,6-7,12,15H,5,8-11H2,1H3/t12-/m0/s1. The van der Waals surface area contributed by atoms with Crippen molar-refractivity contribution in [3.63, 3.8) is 0 Å². The van der Waals surface area contributed by atoms with E-state index in [1.807, 2.05) is 42.2 Å². The zero-order chi connectivity index (χ0) is 12.8. The molecular weight excluding hydrogens is 228 g/mol. The SMILES string of the molecule is C[C@H]1CNCCCN1C(=O)OCc1ccccc1. The molecule has 1 saturated heterocycles. The van der Waals surface area contributed by atoms with E-state index in [1.165, 1.54) is 0 Å². The Balaban J connectivity index is 1.87. The molecule has 0 saturated carbocycles. The van der Waals surface area contributed by atoms with Crippen molar-refractivity contribution in [3.05, 3.63) is 35.9 Å². The number of rotatable bonds is 2. The Kier molecular flexibility index (Phi) is 4.59. The lowest BCUT2D eigenvalue weighted by molar-refractivity contribution is 0.0861. The van der Waals surface area contributed by atoms with Crippen molar-refractivity contribution in [2.75, 3.05) is 19.6 Å². The number of nitrogens with zero attached hydrogens (tertiary/aromatic N) is 1. The molecule has 0 radical (unpaired) electrons. The second kappa shape index (κ2) is 6.40. The van der Waals surface area contributed by atoms with Crippen LogP contribution in [-0.4, -0.2) is 36.7 Å². The van der Waals surface area contributed by atoms with Gasteiger partial charge in [0.25, 0.3) is 0 Å². The number of carbonyl (C=O) groups is 1. The molecule has 0 aromatic heterocycles. The molecule has 1 atom stereocenters. The number of amides is 1. The molecule has 1 heterocycles. The lowest BCUT2D eigenvalue weighted by Gasteiger charge is -2.25. The highest BCUT2D eigenvalue weighted by atomic mass is 16.6. The van der Waals surface area contributed by atoms with Gasteiger partial charge in [-0.2, -0.15) is 0 Å². The third-order valence-electron chi connectivity index (χ3n) is 3.16. The fourth-order valence-corrected chi connectivity index (χ4v) is 2.09. The topological polar surface area (TPSA) is 41.6 Å². The molecule has 1 aromatic rings. The second-order valence-corrected chi connectivity index (χ2v) is 4.64. The van der Waals surface area contributed by atoms with E-state index in [-0.39, 0.29) is 12.1 Å². The average Bonchev–Trinajstić information content (AvgIpc) is 2.62. The van der Waals surface area contributed by atoms with Crippen LogP contribution < -0.4 is 5.32 Å². The Morgan fingerprint density at radius 3 is 3.00 bits per heavy atom. The van der Waals surface area contributed by atoms with E-state index < -0.39 is 0 Å². The molecule has 1 aliphatic heterocycles. The van der Waals surface area contributed by atoms with Crippen molar-refractivity contribution in [2.45, 2.75) is 26.0 Å². The summed E-state index contributed by atoms with van der Waals surface area (Å²) in [7, 11) is 0. The lowest BCUT2D eigenvalue weighted by atomic mass is 10.2. The van der Waals surface area contributed by atoms with Crippen LogP contribution in [0.1, 0.15) is 18.9 Å². The second-order valence-electron chi connectivity index (χ2n) is 4.64. The molecule has 98 valence electrons. The van der Waals surface area contributed by atoms with Gasteiger partial charge in [0.2, 0.25) is 0 Å². The number of carbonyl (C=O) groups excluding carboxylic acids is 1. The summed E-state index contributed by atoms with van der Waals surface area (Å²) in [5.74, 6) is 0. The summed E-state index contributed by atoms with van der Waals surface area (Å²) in [4.78, 5) is 13.8. The van der Waals surface area contributed by atoms with Gasteiger partial charge in [0.15, 0.2) is 0 Å². The highest BCUT2D eigenvalue weighted by Crippen LogP contribution is 2.08. The summed E-state index contributed by atoms with van der Waals surface area (Å²) in [6, 6.07) is 9.95. The van der Waals surface area contributed by atoms with E-state index in [2.05, 4.69) is 5.32 Å². The fourth-order valence-electron chi connectivity index (χ4n) is 2.09. The maximum absolute atomic E-state index is 12.0. The smallest absolute Gasteiger partial charge is 0.410 e. The normalized spacial score (nSPS) is 20.3. The predicted molar refractivity (Wildman–Crippen MR) is 70.3 cm³/mol. The minimum absolute atomic E-state index is 0.191. The minimum Gasteiger partial charge on any atom is -0.445 e. The zero-order valence-electron chi connectivity index (χ0n) is 10.8. The molecule has 4 heteroatoms. The van der Waals surface area contributed by atoms with Crippen molar-refractivity contribution in [2.24, 2.45) is 0 Å². The van der Waals surface area contributed by atoms with Gasteiger partial charge in [-0.15, -0.1) is 0 Å². The summed E-state index contributed by atoms with van der Waals surface area (Å²) in [5, 5.41) is 3.31. The molecule has 1 N–H and O–H groups in total. The molecule has 1 aromatic carbocycles. The minimum atomic E-state index is -0.213. The third kappa shape index (κ3) is 3.47. The van der Waals surface area contributed by atoms with Gasteiger partial charge >= 0.3 is 6.09 Å². The van der Waals surface area contributed by atoms with E-state index in [4.69, 9.17) is 4.74 Å². The molecule has 0 bridgehead atoms. The first kappa shape index (κ1) is 12.9. The molecule has 2 rings (SSSR count). The van der Waals surface area contributed by atoms with Crippen molar-refractivity contribution in [1.29, 1.82) is 0 Å². The first-order valence-electron chi connectivity index (χ1n) is 6.45. The third-order valence-corrected chi connectivity index (χ3v) is 3.16. The van der Waals surface area contributed by atoms with Crippen LogP contribution in [0.15, 0.2) is 30.3 Å². The quantitative estimate of drug-likeness (QED) is 0.870. The van der Waals surface area contributed by atoms with Gasteiger partial charge in [-0.25, -0.2) is 4.79 Å². The van der Waals surface area contributed by atoms with Gasteiger partial charge in [-0.3, -0.25) is 0 Å².